The molecule has 0 amide bonds. The van der Waals surface area contributed by atoms with Gasteiger partial charge in [-0.05, 0) is 121 Å². The van der Waals surface area contributed by atoms with Gasteiger partial charge in [0.15, 0.2) is 11.6 Å². The van der Waals surface area contributed by atoms with E-state index in [0.29, 0.717) is 5.82 Å². The molecule has 0 spiro atoms. The lowest BCUT2D eigenvalue weighted by molar-refractivity contribution is 1.01. The minimum Gasteiger partial charge on any atom is -0.307 e. The summed E-state index contributed by atoms with van der Waals surface area (Å²) in [4.78, 5) is 17.1. The van der Waals surface area contributed by atoms with Gasteiger partial charge >= 0.3 is 0 Å². The van der Waals surface area contributed by atoms with Crippen molar-refractivity contribution in [2.24, 2.45) is 0 Å². The number of rotatable bonds is 13. The zero-order valence-corrected chi connectivity index (χ0v) is 57.1. The predicted molar refractivity (Wildman–Crippen MR) is 437 cm³/mol. The van der Waals surface area contributed by atoms with Crippen molar-refractivity contribution in [3.05, 3.63) is 388 Å². The standard InChI is InChI=1S/C99H64N6/c1-9-32-65(33-10-1)75-50-26-56-83-91(75)92-76(66-34-11-2-12-35-66)51-27-57-84(92)103(83)89-64-100-99(105-87-60-30-54-79(69-40-17-5-18-41-69)95(87)96-80(55-31-61-88(96)105)70-42-19-6-20-43-70)97(90(89)74-49-25-48-73(62-74)82-63-81(71-44-21-7-22-45-71)101-98(102-82)72-46-23-8-24-47-72)104-85-58-28-52-77(67-36-13-3-14-37-67)93(85)94-78(53-29-59-86(94)104)68-38-15-4-16-39-68/h1-64H. The molecular formula is C99H64N6. The van der Waals surface area contributed by atoms with Crippen LogP contribution >= 0.6 is 0 Å². The van der Waals surface area contributed by atoms with Gasteiger partial charge in [0.2, 0.25) is 0 Å². The number of pyridine rings is 1. The second-order valence-corrected chi connectivity index (χ2v) is 26.9. The van der Waals surface area contributed by atoms with Gasteiger partial charge in [-0.3, -0.25) is 4.57 Å². The highest BCUT2D eigenvalue weighted by Crippen LogP contribution is 2.52. The van der Waals surface area contributed by atoms with Gasteiger partial charge < -0.3 is 9.13 Å². The van der Waals surface area contributed by atoms with E-state index in [2.05, 4.69) is 396 Å². The molecule has 6 heteroatoms. The summed E-state index contributed by atoms with van der Waals surface area (Å²) in [6.07, 6.45) is 2.17. The van der Waals surface area contributed by atoms with E-state index in [1.807, 2.05) is 6.07 Å². The summed E-state index contributed by atoms with van der Waals surface area (Å²) >= 11 is 0. The van der Waals surface area contributed by atoms with Gasteiger partial charge in [-0.1, -0.05) is 334 Å². The average Bonchev–Trinajstić information content (AvgIpc) is 1.55. The Hall–Kier alpha value is -14.1. The minimum absolute atomic E-state index is 0.642. The Morgan fingerprint density at radius 1 is 0.200 bits per heavy atom. The monoisotopic (exact) mass is 1340 g/mol. The van der Waals surface area contributed by atoms with Crippen LogP contribution in [0.4, 0.5) is 0 Å². The van der Waals surface area contributed by atoms with Crippen molar-refractivity contribution in [1.82, 2.24) is 28.7 Å². The van der Waals surface area contributed by atoms with Crippen LogP contribution in [0.25, 0.3) is 194 Å². The van der Waals surface area contributed by atoms with Crippen LogP contribution in [0.1, 0.15) is 0 Å². The van der Waals surface area contributed by atoms with E-state index >= 15 is 0 Å². The van der Waals surface area contributed by atoms with E-state index in [9.17, 15) is 0 Å². The summed E-state index contributed by atoms with van der Waals surface area (Å²) in [5.74, 6) is 1.39. The molecule has 0 fully saturated rings. The summed E-state index contributed by atoms with van der Waals surface area (Å²) in [5.41, 5.74) is 27.9. The fourth-order valence-corrected chi connectivity index (χ4v) is 16.4. The summed E-state index contributed by atoms with van der Waals surface area (Å²) in [7, 11) is 0. The summed E-state index contributed by atoms with van der Waals surface area (Å²) < 4.78 is 7.57. The second kappa shape index (κ2) is 25.5. The van der Waals surface area contributed by atoms with E-state index < -0.39 is 0 Å². The van der Waals surface area contributed by atoms with Crippen molar-refractivity contribution >= 4 is 65.4 Å². The van der Waals surface area contributed by atoms with Crippen molar-refractivity contribution < 1.29 is 0 Å². The highest BCUT2D eigenvalue weighted by atomic mass is 15.1. The van der Waals surface area contributed by atoms with Crippen LogP contribution in [-0.2, 0) is 0 Å². The quantitative estimate of drug-likeness (QED) is 0.116. The van der Waals surface area contributed by atoms with Crippen molar-refractivity contribution in [3.8, 4) is 129 Å². The molecule has 0 aliphatic heterocycles. The lowest BCUT2D eigenvalue weighted by Gasteiger charge is -2.24. The maximum absolute atomic E-state index is 6.25. The first-order chi connectivity index (χ1) is 52.2. The van der Waals surface area contributed by atoms with Gasteiger partial charge in [0.05, 0.1) is 62.1 Å². The van der Waals surface area contributed by atoms with Crippen LogP contribution in [0.15, 0.2) is 388 Å². The zero-order valence-electron chi connectivity index (χ0n) is 57.1. The molecule has 15 aromatic carbocycles. The SMILES string of the molecule is c1ccc(-c2cc(-c3cccc(-c4c(-n5c6cccc(-c7ccccc7)c6c6c(-c7ccccc7)cccc65)cnc(-n5c6cccc(-c7ccccc7)c6c6c(-c7ccccc7)cccc65)c4-n4c5cccc(-c6ccccc6)c5c5c(-c6ccccc6)cccc54)c3)nc(-c3ccccc3)n2)cc1. The molecule has 0 radical (unpaired) electrons. The molecule has 0 bridgehead atoms. The molecule has 5 aromatic heterocycles. The van der Waals surface area contributed by atoms with Crippen LogP contribution in [0.2, 0.25) is 0 Å². The first kappa shape index (κ1) is 60.9. The van der Waals surface area contributed by atoms with Crippen LogP contribution in [0.5, 0.6) is 0 Å². The molecular weight excluding hydrogens is 1270 g/mol. The fraction of sp³-hybridized carbons (Fsp3) is 0. The van der Waals surface area contributed by atoms with Gasteiger partial charge in [-0.2, -0.15) is 0 Å². The zero-order chi connectivity index (χ0) is 69.3. The Labute approximate surface area is 607 Å². The van der Waals surface area contributed by atoms with E-state index in [0.717, 1.165) is 189 Å². The normalized spacial score (nSPS) is 11.6. The van der Waals surface area contributed by atoms with Crippen molar-refractivity contribution in [3.63, 3.8) is 0 Å². The molecule has 0 saturated carbocycles. The molecule has 105 heavy (non-hydrogen) atoms. The lowest BCUT2D eigenvalue weighted by atomic mass is 9.95. The van der Waals surface area contributed by atoms with Crippen LogP contribution in [0, 0.1) is 0 Å². The average molecular weight is 1340 g/mol. The second-order valence-electron chi connectivity index (χ2n) is 26.9. The highest BCUT2D eigenvalue weighted by Gasteiger charge is 2.32. The third-order valence-corrected chi connectivity index (χ3v) is 20.9. The minimum atomic E-state index is 0.642. The Morgan fingerprint density at radius 2 is 0.467 bits per heavy atom. The molecule has 0 N–H and O–H groups in total. The number of fused-ring (bicyclic) bond motifs is 9. The Balaban J connectivity index is 1.01. The molecule has 20 rings (SSSR count). The summed E-state index contributed by atoms with van der Waals surface area (Å²) in [6.45, 7) is 0. The maximum atomic E-state index is 6.25. The molecule has 0 atom stereocenters. The van der Waals surface area contributed by atoms with E-state index in [-0.39, 0.29) is 0 Å². The largest absolute Gasteiger partial charge is 0.307 e. The van der Waals surface area contributed by atoms with Crippen molar-refractivity contribution in [1.29, 1.82) is 0 Å². The Morgan fingerprint density at radius 3 is 0.810 bits per heavy atom. The third-order valence-electron chi connectivity index (χ3n) is 20.9. The fourth-order valence-electron chi connectivity index (χ4n) is 16.4. The highest BCUT2D eigenvalue weighted by molar-refractivity contribution is 6.25. The number of nitrogens with zero attached hydrogens (tertiary/aromatic N) is 6. The molecule has 5 heterocycles. The Kier molecular flexibility index (Phi) is 14.8. The number of benzene rings is 15. The van der Waals surface area contributed by atoms with Crippen LogP contribution < -0.4 is 0 Å². The topological polar surface area (TPSA) is 53.5 Å². The molecule has 490 valence electrons. The number of hydrogen-bond acceptors (Lipinski definition) is 3. The van der Waals surface area contributed by atoms with Gasteiger partial charge in [-0.15, -0.1) is 0 Å². The van der Waals surface area contributed by atoms with Gasteiger partial charge in [0.25, 0.3) is 0 Å². The molecule has 0 saturated heterocycles. The van der Waals surface area contributed by atoms with Crippen LogP contribution in [-0.4, -0.2) is 28.7 Å². The third kappa shape index (κ3) is 10.2. The number of aromatic nitrogens is 6. The first-order valence-corrected chi connectivity index (χ1v) is 35.8. The van der Waals surface area contributed by atoms with E-state index in [1.165, 1.54) is 0 Å². The maximum Gasteiger partial charge on any atom is 0.162 e. The van der Waals surface area contributed by atoms with E-state index in [1.54, 1.807) is 0 Å². The molecule has 0 aliphatic rings. The summed E-state index contributed by atoms with van der Waals surface area (Å²) in [5, 5.41) is 6.83. The smallest absolute Gasteiger partial charge is 0.162 e. The lowest BCUT2D eigenvalue weighted by Crippen LogP contribution is -2.11. The van der Waals surface area contributed by atoms with Crippen molar-refractivity contribution in [2.45, 2.75) is 0 Å². The van der Waals surface area contributed by atoms with Gasteiger partial charge in [0, 0.05) is 54.6 Å². The van der Waals surface area contributed by atoms with Gasteiger partial charge in [-0.25, -0.2) is 15.0 Å². The van der Waals surface area contributed by atoms with Gasteiger partial charge in [0.1, 0.15) is 0 Å². The summed E-state index contributed by atoms with van der Waals surface area (Å²) in [6, 6.07) is 138. The molecule has 0 aliphatic carbocycles. The van der Waals surface area contributed by atoms with Crippen LogP contribution in [0.3, 0.4) is 0 Å². The molecule has 0 unspecified atom stereocenters. The number of hydrogen-bond donors (Lipinski definition) is 0. The Bertz CT molecular complexity index is 6360. The predicted octanol–water partition coefficient (Wildman–Crippen LogP) is 25.8. The molecule has 20 aromatic rings. The molecule has 6 nitrogen and oxygen atoms in total. The first-order valence-electron chi connectivity index (χ1n) is 35.8. The van der Waals surface area contributed by atoms with Crippen molar-refractivity contribution in [2.75, 3.05) is 0 Å². The van der Waals surface area contributed by atoms with E-state index in [4.69, 9.17) is 15.0 Å².